The predicted octanol–water partition coefficient (Wildman–Crippen LogP) is 2.97. The number of benzene rings is 2. The summed E-state index contributed by atoms with van der Waals surface area (Å²) in [6.07, 6.45) is 2.06. The third kappa shape index (κ3) is 2.09. The van der Waals surface area contributed by atoms with Gasteiger partial charge in [-0.25, -0.2) is 0 Å². The number of aromatic hydroxyl groups is 1. The molecule has 1 amide bonds. The molecule has 3 rings (SSSR count). The first kappa shape index (κ1) is 12.5. The van der Waals surface area contributed by atoms with Crippen LogP contribution in [0.15, 0.2) is 41.0 Å². The smallest absolute Gasteiger partial charge is 0.216 e. The summed E-state index contributed by atoms with van der Waals surface area (Å²) in [5.41, 5.74) is 1.75. The van der Waals surface area contributed by atoms with Gasteiger partial charge in [0.2, 0.25) is 5.91 Å². The molecule has 0 atom stereocenters. The van der Waals surface area contributed by atoms with Crippen molar-refractivity contribution in [1.82, 2.24) is 5.32 Å². The molecule has 4 heteroatoms. The van der Waals surface area contributed by atoms with Crippen LogP contribution in [0.4, 0.5) is 0 Å². The van der Waals surface area contributed by atoms with Gasteiger partial charge in [0, 0.05) is 13.5 Å². The molecule has 2 aromatic carbocycles. The fourth-order valence-corrected chi connectivity index (χ4v) is 2.55. The topological polar surface area (TPSA) is 62.5 Å². The van der Waals surface area contributed by atoms with Gasteiger partial charge in [0.25, 0.3) is 0 Å². The van der Waals surface area contributed by atoms with Gasteiger partial charge in [-0.3, -0.25) is 4.79 Å². The number of carbonyl (C=O) groups is 1. The minimum atomic E-state index is -0.0402. The highest BCUT2D eigenvalue weighted by molar-refractivity contribution is 6.10. The number of hydrogen-bond acceptors (Lipinski definition) is 3. The van der Waals surface area contributed by atoms with Gasteiger partial charge in [-0.2, -0.15) is 0 Å². The maximum Gasteiger partial charge on any atom is 0.216 e. The first-order valence-electron chi connectivity index (χ1n) is 6.52. The molecule has 0 aliphatic rings. The van der Waals surface area contributed by atoms with E-state index in [0.29, 0.717) is 18.5 Å². The van der Waals surface area contributed by atoms with Gasteiger partial charge in [0.1, 0.15) is 11.8 Å². The quantitative estimate of drug-likeness (QED) is 0.768. The molecular formula is C16H15NO3. The molecule has 0 aliphatic heterocycles. The van der Waals surface area contributed by atoms with E-state index in [0.717, 1.165) is 21.7 Å². The average Bonchev–Trinajstić information content (AvgIpc) is 2.80. The maximum absolute atomic E-state index is 11.0. The van der Waals surface area contributed by atoms with Crippen molar-refractivity contribution >= 4 is 27.6 Å². The fourth-order valence-electron chi connectivity index (χ4n) is 2.55. The molecule has 0 saturated carbocycles. The highest BCUT2D eigenvalue weighted by Crippen LogP contribution is 2.35. The van der Waals surface area contributed by atoms with Crippen LogP contribution in [0, 0.1) is 0 Å². The summed E-state index contributed by atoms with van der Waals surface area (Å²) < 4.78 is 5.33. The van der Waals surface area contributed by atoms with Crippen LogP contribution in [0.3, 0.4) is 0 Å². The van der Waals surface area contributed by atoms with Crippen molar-refractivity contribution in [1.29, 1.82) is 0 Å². The van der Waals surface area contributed by atoms with Crippen molar-refractivity contribution in [2.24, 2.45) is 0 Å². The van der Waals surface area contributed by atoms with Crippen LogP contribution >= 0.6 is 0 Å². The van der Waals surface area contributed by atoms with E-state index in [4.69, 9.17) is 4.42 Å². The number of hydrogen-bond donors (Lipinski definition) is 2. The molecule has 3 aromatic rings. The molecule has 0 aliphatic carbocycles. The van der Waals surface area contributed by atoms with Crippen LogP contribution < -0.4 is 5.32 Å². The number of furan rings is 1. The highest BCUT2D eigenvalue weighted by Gasteiger charge is 2.12. The summed E-state index contributed by atoms with van der Waals surface area (Å²) in [4.78, 5) is 11.0. The molecule has 1 heterocycles. The van der Waals surface area contributed by atoms with Crippen molar-refractivity contribution < 1.29 is 14.3 Å². The van der Waals surface area contributed by atoms with E-state index in [9.17, 15) is 9.90 Å². The first-order chi connectivity index (χ1) is 9.66. The van der Waals surface area contributed by atoms with E-state index < -0.39 is 0 Å². The second kappa shape index (κ2) is 4.89. The van der Waals surface area contributed by atoms with Gasteiger partial charge in [0.15, 0.2) is 5.75 Å². The summed E-state index contributed by atoms with van der Waals surface area (Å²) >= 11 is 0. The summed E-state index contributed by atoms with van der Waals surface area (Å²) in [6.45, 7) is 2.08. The fraction of sp³-hybridized carbons (Fsp3) is 0.188. The average molecular weight is 269 g/mol. The van der Waals surface area contributed by atoms with E-state index in [1.165, 1.54) is 13.2 Å². The Morgan fingerprint density at radius 2 is 2.10 bits per heavy atom. The molecule has 0 saturated heterocycles. The van der Waals surface area contributed by atoms with Crippen molar-refractivity contribution in [3.05, 3.63) is 42.2 Å². The van der Waals surface area contributed by atoms with E-state index in [1.54, 1.807) is 0 Å². The van der Waals surface area contributed by atoms with E-state index >= 15 is 0 Å². The van der Waals surface area contributed by atoms with E-state index in [2.05, 4.69) is 5.32 Å². The maximum atomic E-state index is 11.0. The van der Waals surface area contributed by atoms with E-state index in [-0.39, 0.29) is 11.7 Å². The van der Waals surface area contributed by atoms with Crippen LogP contribution in [0.25, 0.3) is 21.7 Å². The molecule has 4 nitrogen and oxygen atoms in total. The van der Waals surface area contributed by atoms with E-state index in [1.807, 2.05) is 30.3 Å². The minimum Gasteiger partial charge on any atom is -0.504 e. The molecular weight excluding hydrogens is 254 g/mol. The molecule has 0 unspecified atom stereocenters. The van der Waals surface area contributed by atoms with Crippen molar-refractivity contribution in [2.45, 2.75) is 13.3 Å². The van der Waals surface area contributed by atoms with Crippen LogP contribution in [-0.4, -0.2) is 17.6 Å². The van der Waals surface area contributed by atoms with Gasteiger partial charge in [-0.15, -0.1) is 0 Å². The van der Waals surface area contributed by atoms with Crippen LogP contribution in [0.5, 0.6) is 5.75 Å². The molecule has 0 spiro atoms. The zero-order chi connectivity index (χ0) is 14.1. The number of nitrogens with one attached hydrogen (secondary N) is 1. The summed E-state index contributed by atoms with van der Waals surface area (Å²) in [5, 5.41) is 15.5. The highest BCUT2D eigenvalue weighted by atomic mass is 16.4. The minimum absolute atomic E-state index is 0.0402. The zero-order valence-electron chi connectivity index (χ0n) is 11.1. The lowest BCUT2D eigenvalue weighted by Gasteiger charge is -2.08. The molecule has 0 bridgehead atoms. The van der Waals surface area contributed by atoms with Gasteiger partial charge in [-0.1, -0.05) is 24.3 Å². The van der Waals surface area contributed by atoms with Gasteiger partial charge in [0.05, 0.1) is 5.39 Å². The van der Waals surface area contributed by atoms with Crippen LogP contribution in [-0.2, 0) is 11.2 Å². The monoisotopic (exact) mass is 269 g/mol. The second-order valence-electron chi connectivity index (χ2n) is 4.81. The standard InChI is InChI=1S/C16H15NO3/c1-10(18)17-8-7-12-4-2-3-11-5-6-14-16(15(11)12)13(19)9-20-14/h2-6,9,19H,7-8H2,1H3,(H,17,18). The van der Waals surface area contributed by atoms with Gasteiger partial charge >= 0.3 is 0 Å². The third-order valence-electron chi connectivity index (χ3n) is 3.42. The largest absolute Gasteiger partial charge is 0.504 e. The van der Waals surface area contributed by atoms with Crippen molar-refractivity contribution in [3.8, 4) is 5.75 Å². The lowest BCUT2D eigenvalue weighted by Crippen LogP contribution is -2.22. The van der Waals surface area contributed by atoms with Gasteiger partial charge < -0.3 is 14.8 Å². The molecule has 1 aromatic heterocycles. The summed E-state index contributed by atoms with van der Waals surface area (Å²) in [5.74, 6) is 0.110. The van der Waals surface area contributed by atoms with Crippen LogP contribution in [0.2, 0.25) is 0 Å². The third-order valence-corrected chi connectivity index (χ3v) is 3.42. The Labute approximate surface area is 116 Å². The first-order valence-corrected chi connectivity index (χ1v) is 6.52. The molecule has 2 N–H and O–H groups in total. The molecule has 102 valence electrons. The Morgan fingerprint density at radius 1 is 1.25 bits per heavy atom. The van der Waals surface area contributed by atoms with Crippen LogP contribution in [0.1, 0.15) is 12.5 Å². The predicted molar refractivity (Wildman–Crippen MR) is 77.8 cm³/mol. The molecule has 0 radical (unpaired) electrons. The normalized spacial score (nSPS) is 11.1. The number of carbonyl (C=O) groups excluding carboxylic acids is 1. The lowest BCUT2D eigenvalue weighted by molar-refractivity contribution is -0.118. The van der Waals surface area contributed by atoms with Gasteiger partial charge in [-0.05, 0) is 28.8 Å². The van der Waals surface area contributed by atoms with Crippen molar-refractivity contribution in [2.75, 3.05) is 6.54 Å². The number of fused-ring (bicyclic) bond motifs is 3. The number of rotatable bonds is 3. The van der Waals surface area contributed by atoms with Crippen molar-refractivity contribution in [3.63, 3.8) is 0 Å². The molecule has 20 heavy (non-hydrogen) atoms. The SMILES string of the molecule is CC(=O)NCCc1cccc2ccc3occ(O)c3c12. The molecule has 0 fully saturated rings. The Morgan fingerprint density at radius 3 is 2.90 bits per heavy atom. The second-order valence-corrected chi connectivity index (χ2v) is 4.81. The Kier molecular flexibility index (Phi) is 3.06. The Balaban J connectivity index is 2.13. The Hall–Kier alpha value is -2.49. The number of amides is 1. The zero-order valence-corrected chi connectivity index (χ0v) is 11.1. The lowest BCUT2D eigenvalue weighted by atomic mass is 9.98. The summed E-state index contributed by atoms with van der Waals surface area (Å²) in [7, 11) is 0. The summed E-state index contributed by atoms with van der Waals surface area (Å²) in [6, 6.07) is 9.82. The Bertz CT molecular complexity index is 789.